The topological polar surface area (TPSA) is 33.7 Å². The number of hydrogen-bond donors (Lipinski definition) is 1. The quantitative estimate of drug-likeness (QED) is 0.868. The largest absolute Gasteiger partial charge is 0.493 e. The number of nitrogens with zero attached hydrogens (tertiary/aromatic N) is 1. The molecule has 1 aliphatic heterocycles. The van der Waals surface area contributed by atoms with E-state index in [1.807, 2.05) is 7.05 Å². The number of hydrogen-bond acceptors (Lipinski definition) is 4. The number of alkyl halides is 2. The van der Waals surface area contributed by atoms with E-state index in [4.69, 9.17) is 4.74 Å². The number of likely N-dealkylation sites (tertiary alicyclic amines) is 1. The minimum absolute atomic E-state index is 0.0702. The van der Waals surface area contributed by atoms with E-state index in [2.05, 4.69) is 15.0 Å². The van der Waals surface area contributed by atoms with Gasteiger partial charge in [-0.3, -0.25) is 4.90 Å². The second-order valence-corrected chi connectivity index (χ2v) is 4.87. The van der Waals surface area contributed by atoms with Crippen molar-refractivity contribution in [2.75, 3.05) is 27.2 Å². The highest BCUT2D eigenvalue weighted by molar-refractivity contribution is 5.43. The van der Waals surface area contributed by atoms with Gasteiger partial charge in [-0.1, -0.05) is 6.07 Å². The Bertz CT molecular complexity index is 443. The minimum atomic E-state index is -2.84. The molecule has 1 fully saturated rings. The summed E-state index contributed by atoms with van der Waals surface area (Å²) >= 11 is 0. The van der Waals surface area contributed by atoms with Crippen LogP contribution in [0.25, 0.3) is 0 Å². The molecule has 2 rings (SSSR count). The van der Waals surface area contributed by atoms with Crippen LogP contribution in [0.2, 0.25) is 0 Å². The van der Waals surface area contributed by atoms with Crippen molar-refractivity contribution in [3.63, 3.8) is 0 Å². The zero-order valence-electron chi connectivity index (χ0n) is 11.7. The van der Waals surface area contributed by atoms with Crippen molar-refractivity contribution in [3.8, 4) is 11.5 Å². The molecule has 0 spiro atoms. The van der Waals surface area contributed by atoms with Gasteiger partial charge in [0, 0.05) is 25.7 Å². The Morgan fingerprint density at radius 1 is 1.40 bits per heavy atom. The first-order valence-electron chi connectivity index (χ1n) is 6.63. The van der Waals surface area contributed by atoms with Crippen LogP contribution in [-0.4, -0.2) is 44.8 Å². The third-order valence-corrected chi connectivity index (χ3v) is 3.53. The summed E-state index contributed by atoms with van der Waals surface area (Å²) in [5.74, 6) is 0.410. The van der Waals surface area contributed by atoms with Gasteiger partial charge in [-0.2, -0.15) is 8.78 Å². The van der Waals surface area contributed by atoms with Crippen molar-refractivity contribution in [1.82, 2.24) is 10.2 Å². The molecule has 0 bridgehead atoms. The maximum absolute atomic E-state index is 12.3. The standard InChI is InChI=1S/C14H20F2N2O2/c1-17-11-5-6-18(9-11)8-10-3-4-12(20-14(15)16)13(7-10)19-2/h3-4,7,11,14,17H,5-6,8-9H2,1-2H3. The molecular formula is C14H20F2N2O2. The third kappa shape index (κ3) is 3.80. The molecule has 1 N–H and O–H groups in total. The first-order chi connectivity index (χ1) is 9.62. The minimum Gasteiger partial charge on any atom is -0.493 e. The molecule has 1 saturated heterocycles. The summed E-state index contributed by atoms with van der Waals surface area (Å²) in [5.41, 5.74) is 1.03. The predicted molar refractivity (Wildman–Crippen MR) is 72.4 cm³/mol. The molecule has 20 heavy (non-hydrogen) atoms. The lowest BCUT2D eigenvalue weighted by Crippen LogP contribution is -2.29. The number of nitrogens with one attached hydrogen (secondary N) is 1. The summed E-state index contributed by atoms with van der Waals surface area (Å²) in [6.45, 7) is -0.0366. The highest BCUT2D eigenvalue weighted by Gasteiger charge is 2.21. The summed E-state index contributed by atoms with van der Waals surface area (Å²) in [6, 6.07) is 5.61. The van der Waals surface area contributed by atoms with E-state index in [1.165, 1.54) is 13.2 Å². The molecule has 0 aromatic heterocycles. The van der Waals surface area contributed by atoms with Gasteiger partial charge in [0.05, 0.1) is 7.11 Å². The first-order valence-corrected chi connectivity index (χ1v) is 6.63. The molecular weight excluding hydrogens is 266 g/mol. The highest BCUT2D eigenvalue weighted by Crippen LogP contribution is 2.30. The second kappa shape index (κ2) is 6.85. The van der Waals surface area contributed by atoms with E-state index in [9.17, 15) is 8.78 Å². The van der Waals surface area contributed by atoms with Crippen molar-refractivity contribution >= 4 is 0 Å². The molecule has 0 amide bonds. The Balaban J connectivity index is 2.02. The Morgan fingerprint density at radius 3 is 2.80 bits per heavy atom. The highest BCUT2D eigenvalue weighted by atomic mass is 19.3. The number of rotatable bonds is 6. The predicted octanol–water partition coefficient (Wildman–Crippen LogP) is 2.09. The Kier molecular flexibility index (Phi) is 5.14. The fourth-order valence-corrected chi connectivity index (χ4v) is 2.47. The molecule has 0 radical (unpaired) electrons. The lowest BCUT2D eigenvalue weighted by atomic mass is 10.2. The van der Waals surface area contributed by atoms with E-state index in [0.29, 0.717) is 11.8 Å². The van der Waals surface area contributed by atoms with E-state index >= 15 is 0 Å². The molecule has 4 nitrogen and oxygen atoms in total. The van der Waals surface area contributed by atoms with Crippen LogP contribution in [0.15, 0.2) is 18.2 Å². The van der Waals surface area contributed by atoms with Crippen molar-refractivity contribution in [1.29, 1.82) is 0 Å². The van der Waals surface area contributed by atoms with Crippen LogP contribution in [0.1, 0.15) is 12.0 Å². The van der Waals surface area contributed by atoms with Gasteiger partial charge in [0.15, 0.2) is 11.5 Å². The van der Waals surface area contributed by atoms with Crippen molar-refractivity contribution in [2.45, 2.75) is 25.6 Å². The number of halogens is 2. The lowest BCUT2D eigenvalue weighted by molar-refractivity contribution is -0.0512. The van der Waals surface area contributed by atoms with E-state index in [-0.39, 0.29) is 5.75 Å². The van der Waals surface area contributed by atoms with E-state index in [0.717, 1.165) is 31.6 Å². The summed E-state index contributed by atoms with van der Waals surface area (Å²) in [4.78, 5) is 2.32. The van der Waals surface area contributed by atoms with Gasteiger partial charge >= 0.3 is 6.61 Å². The molecule has 1 atom stereocenters. The first kappa shape index (κ1) is 15.0. The Hall–Kier alpha value is -1.40. The van der Waals surface area contributed by atoms with Crippen LogP contribution in [0.3, 0.4) is 0 Å². The molecule has 6 heteroatoms. The van der Waals surface area contributed by atoms with Crippen LogP contribution in [-0.2, 0) is 6.54 Å². The van der Waals surface area contributed by atoms with Gasteiger partial charge in [0.2, 0.25) is 0 Å². The van der Waals surface area contributed by atoms with Gasteiger partial charge in [-0.15, -0.1) is 0 Å². The molecule has 0 saturated carbocycles. The number of ether oxygens (including phenoxy) is 2. The molecule has 1 aromatic carbocycles. The second-order valence-electron chi connectivity index (χ2n) is 4.87. The maximum Gasteiger partial charge on any atom is 0.387 e. The van der Waals surface area contributed by atoms with Gasteiger partial charge in [0.25, 0.3) is 0 Å². The molecule has 0 aliphatic carbocycles. The van der Waals surface area contributed by atoms with Crippen molar-refractivity contribution in [3.05, 3.63) is 23.8 Å². The van der Waals surface area contributed by atoms with Gasteiger partial charge in [0.1, 0.15) is 0 Å². The fraction of sp³-hybridized carbons (Fsp3) is 0.571. The SMILES string of the molecule is CNC1CCN(Cc2ccc(OC(F)F)c(OC)c2)C1. The normalized spacial score (nSPS) is 19.6. The zero-order chi connectivity index (χ0) is 14.5. The van der Waals surface area contributed by atoms with Crippen LogP contribution in [0.5, 0.6) is 11.5 Å². The average Bonchev–Trinajstić information content (AvgIpc) is 2.87. The lowest BCUT2D eigenvalue weighted by Gasteiger charge is -2.17. The van der Waals surface area contributed by atoms with Crippen molar-refractivity contribution < 1.29 is 18.3 Å². The van der Waals surface area contributed by atoms with Crippen LogP contribution >= 0.6 is 0 Å². The summed E-state index contributed by atoms with van der Waals surface area (Å²) in [6.07, 6.45) is 1.13. The van der Waals surface area contributed by atoms with Gasteiger partial charge in [-0.05, 0) is 31.2 Å². The van der Waals surface area contributed by atoms with Crippen LogP contribution in [0.4, 0.5) is 8.78 Å². The fourth-order valence-electron chi connectivity index (χ4n) is 2.47. The Labute approximate surface area is 117 Å². The Morgan fingerprint density at radius 2 is 2.20 bits per heavy atom. The monoisotopic (exact) mass is 286 g/mol. The smallest absolute Gasteiger partial charge is 0.387 e. The number of benzene rings is 1. The molecule has 1 unspecified atom stereocenters. The maximum atomic E-state index is 12.3. The summed E-state index contributed by atoms with van der Waals surface area (Å²) in [7, 11) is 3.41. The van der Waals surface area contributed by atoms with E-state index in [1.54, 1.807) is 12.1 Å². The summed E-state index contributed by atoms with van der Waals surface area (Å²) in [5, 5.41) is 3.26. The van der Waals surface area contributed by atoms with Crippen LogP contribution < -0.4 is 14.8 Å². The van der Waals surface area contributed by atoms with Crippen molar-refractivity contribution in [2.24, 2.45) is 0 Å². The summed E-state index contributed by atoms with van der Waals surface area (Å²) < 4.78 is 34.0. The average molecular weight is 286 g/mol. The molecule has 1 aromatic rings. The molecule has 1 aliphatic rings. The number of likely N-dealkylation sites (N-methyl/N-ethyl adjacent to an activating group) is 1. The molecule has 1 heterocycles. The zero-order valence-corrected chi connectivity index (χ0v) is 11.7. The van der Waals surface area contributed by atoms with Gasteiger partial charge in [-0.25, -0.2) is 0 Å². The number of methoxy groups -OCH3 is 1. The molecule has 112 valence electrons. The van der Waals surface area contributed by atoms with Crippen LogP contribution in [0, 0.1) is 0 Å². The third-order valence-electron chi connectivity index (χ3n) is 3.53. The van der Waals surface area contributed by atoms with E-state index < -0.39 is 6.61 Å². The van der Waals surface area contributed by atoms with Gasteiger partial charge < -0.3 is 14.8 Å².